The van der Waals surface area contributed by atoms with Gasteiger partial charge in [-0.05, 0) is 62.0 Å². The molecule has 4 rings (SSSR count). The van der Waals surface area contributed by atoms with Gasteiger partial charge in [0.05, 0.1) is 0 Å². The first-order chi connectivity index (χ1) is 7.62. The van der Waals surface area contributed by atoms with Crippen molar-refractivity contribution in [3.8, 4) is 0 Å². The number of rotatable bonds is 1. The first-order valence-electron chi connectivity index (χ1n) is 6.48. The van der Waals surface area contributed by atoms with Gasteiger partial charge in [-0.3, -0.25) is 4.79 Å². The maximum Gasteiger partial charge on any atom is 0.279 e. The Balaban J connectivity index is 1.80. The SMILES string of the molecule is CSC(=O)NC12CC3CC(C1)C(C)C(C3)C2. The topological polar surface area (TPSA) is 29.1 Å². The van der Waals surface area contributed by atoms with E-state index in [1.54, 1.807) is 0 Å². The summed E-state index contributed by atoms with van der Waals surface area (Å²) in [6, 6.07) is 0. The van der Waals surface area contributed by atoms with Crippen molar-refractivity contribution >= 4 is 17.0 Å². The second kappa shape index (κ2) is 3.66. The molecule has 0 heterocycles. The van der Waals surface area contributed by atoms with Crippen LogP contribution in [0.4, 0.5) is 4.79 Å². The molecule has 16 heavy (non-hydrogen) atoms. The zero-order valence-corrected chi connectivity index (χ0v) is 11.0. The molecule has 2 nitrogen and oxygen atoms in total. The highest BCUT2D eigenvalue weighted by atomic mass is 32.2. The van der Waals surface area contributed by atoms with Crippen LogP contribution in [0, 0.1) is 23.7 Å². The molecule has 90 valence electrons. The van der Waals surface area contributed by atoms with E-state index >= 15 is 0 Å². The van der Waals surface area contributed by atoms with Crippen LogP contribution in [-0.2, 0) is 0 Å². The maximum atomic E-state index is 11.6. The summed E-state index contributed by atoms with van der Waals surface area (Å²) >= 11 is 1.32. The highest BCUT2D eigenvalue weighted by Crippen LogP contribution is 2.58. The Labute approximate surface area is 102 Å². The third-order valence-electron chi connectivity index (χ3n) is 5.30. The Morgan fingerprint density at radius 2 is 1.88 bits per heavy atom. The quantitative estimate of drug-likeness (QED) is 0.761. The molecule has 3 heteroatoms. The Bertz CT molecular complexity index is 301. The number of hydrogen-bond donors (Lipinski definition) is 1. The number of amides is 1. The molecule has 2 atom stereocenters. The molecule has 0 aliphatic heterocycles. The maximum absolute atomic E-state index is 11.6. The van der Waals surface area contributed by atoms with Crippen LogP contribution in [0.15, 0.2) is 0 Å². The lowest BCUT2D eigenvalue weighted by molar-refractivity contribution is -0.0535. The molecule has 4 fully saturated rings. The Kier molecular flexibility index (Phi) is 2.50. The minimum Gasteiger partial charge on any atom is -0.342 e. The Morgan fingerprint density at radius 3 is 2.44 bits per heavy atom. The van der Waals surface area contributed by atoms with Crippen LogP contribution in [-0.4, -0.2) is 17.0 Å². The molecule has 4 saturated carbocycles. The second-order valence-electron chi connectivity index (χ2n) is 6.23. The molecule has 1 amide bonds. The van der Waals surface area contributed by atoms with Gasteiger partial charge in [-0.15, -0.1) is 0 Å². The summed E-state index contributed by atoms with van der Waals surface area (Å²) < 4.78 is 0. The van der Waals surface area contributed by atoms with Crippen LogP contribution in [0.5, 0.6) is 0 Å². The van der Waals surface area contributed by atoms with Crippen molar-refractivity contribution in [1.82, 2.24) is 5.32 Å². The normalized spacial score (nSPS) is 49.4. The summed E-state index contributed by atoms with van der Waals surface area (Å²) in [5, 5.41) is 3.49. The van der Waals surface area contributed by atoms with Crippen molar-refractivity contribution in [3.63, 3.8) is 0 Å². The number of carbonyl (C=O) groups is 1. The van der Waals surface area contributed by atoms with Gasteiger partial charge in [-0.25, -0.2) is 0 Å². The molecule has 0 aromatic heterocycles. The van der Waals surface area contributed by atoms with Crippen LogP contribution >= 0.6 is 11.8 Å². The van der Waals surface area contributed by atoms with Gasteiger partial charge in [0.2, 0.25) is 0 Å². The first kappa shape index (κ1) is 10.9. The van der Waals surface area contributed by atoms with Crippen LogP contribution in [0.3, 0.4) is 0 Å². The predicted molar refractivity (Wildman–Crippen MR) is 67.5 cm³/mol. The summed E-state index contributed by atoms with van der Waals surface area (Å²) in [4.78, 5) is 11.6. The van der Waals surface area contributed by atoms with E-state index in [1.807, 2.05) is 6.26 Å². The number of thioether (sulfide) groups is 1. The van der Waals surface area contributed by atoms with E-state index in [0.717, 1.165) is 23.7 Å². The van der Waals surface area contributed by atoms with E-state index < -0.39 is 0 Å². The van der Waals surface area contributed by atoms with Crippen molar-refractivity contribution in [2.45, 2.75) is 44.6 Å². The lowest BCUT2D eigenvalue weighted by atomic mass is 9.49. The highest BCUT2D eigenvalue weighted by molar-refractivity contribution is 8.12. The van der Waals surface area contributed by atoms with E-state index in [-0.39, 0.29) is 10.8 Å². The molecule has 4 aliphatic carbocycles. The zero-order valence-electron chi connectivity index (χ0n) is 10.2. The molecular formula is C13H21NOS. The van der Waals surface area contributed by atoms with E-state index in [0.29, 0.717) is 0 Å². The average Bonchev–Trinajstić information content (AvgIpc) is 2.24. The van der Waals surface area contributed by atoms with Gasteiger partial charge in [0.25, 0.3) is 5.24 Å². The summed E-state index contributed by atoms with van der Waals surface area (Å²) in [6.45, 7) is 2.43. The summed E-state index contributed by atoms with van der Waals surface area (Å²) in [6.07, 6.45) is 8.46. The fourth-order valence-electron chi connectivity index (χ4n) is 4.70. The van der Waals surface area contributed by atoms with Crippen molar-refractivity contribution in [3.05, 3.63) is 0 Å². The smallest absolute Gasteiger partial charge is 0.279 e. The zero-order chi connectivity index (χ0) is 11.3. The van der Waals surface area contributed by atoms with E-state index in [2.05, 4.69) is 12.2 Å². The van der Waals surface area contributed by atoms with Gasteiger partial charge in [-0.2, -0.15) is 0 Å². The van der Waals surface area contributed by atoms with Crippen LogP contribution < -0.4 is 5.32 Å². The first-order valence-corrected chi connectivity index (χ1v) is 7.70. The van der Waals surface area contributed by atoms with Crippen molar-refractivity contribution in [2.24, 2.45) is 23.7 Å². The third-order valence-corrected chi connectivity index (χ3v) is 5.77. The predicted octanol–water partition coefficient (Wildman–Crippen LogP) is 3.27. The van der Waals surface area contributed by atoms with Gasteiger partial charge in [0.1, 0.15) is 0 Å². The molecule has 0 aromatic carbocycles. The van der Waals surface area contributed by atoms with E-state index in [9.17, 15) is 4.79 Å². The summed E-state index contributed by atoms with van der Waals surface area (Å²) in [7, 11) is 0. The largest absolute Gasteiger partial charge is 0.342 e. The van der Waals surface area contributed by atoms with Gasteiger partial charge < -0.3 is 5.32 Å². The summed E-state index contributed by atoms with van der Waals surface area (Å²) in [5.74, 6) is 3.56. The molecule has 4 bridgehead atoms. The van der Waals surface area contributed by atoms with Crippen molar-refractivity contribution in [2.75, 3.05) is 6.26 Å². The minimum absolute atomic E-state index is 0.176. The van der Waals surface area contributed by atoms with Crippen molar-refractivity contribution < 1.29 is 4.79 Å². The monoisotopic (exact) mass is 239 g/mol. The van der Waals surface area contributed by atoms with E-state index in [1.165, 1.54) is 43.9 Å². The lowest BCUT2D eigenvalue weighted by Crippen LogP contribution is -2.61. The molecule has 0 saturated heterocycles. The second-order valence-corrected chi connectivity index (χ2v) is 7.01. The average molecular weight is 239 g/mol. The van der Waals surface area contributed by atoms with E-state index in [4.69, 9.17) is 0 Å². The van der Waals surface area contributed by atoms with Gasteiger partial charge in [0, 0.05) is 5.54 Å². The number of hydrogen-bond acceptors (Lipinski definition) is 2. The third kappa shape index (κ3) is 1.59. The molecule has 1 N–H and O–H groups in total. The van der Waals surface area contributed by atoms with Crippen LogP contribution in [0.2, 0.25) is 0 Å². The Morgan fingerprint density at radius 1 is 1.25 bits per heavy atom. The fourth-order valence-corrected chi connectivity index (χ4v) is 5.02. The lowest BCUT2D eigenvalue weighted by Gasteiger charge is -2.59. The van der Waals surface area contributed by atoms with Crippen LogP contribution in [0.1, 0.15) is 39.0 Å². The minimum atomic E-state index is 0.176. The molecule has 4 aliphatic rings. The fraction of sp³-hybridized carbons (Fsp3) is 0.923. The summed E-state index contributed by atoms with van der Waals surface area (Å²) in [5.41, 5.74) is 0.184. The van der Waals surface area contributed by atoms with Gasteiger partial charge >= 0.3 is 0 Å². The number of nitrogens with one attached hydrogen (secondary N) is 1. The standard InChI is InChI=1S/C13H21NOS/c1-8-10-3-9-4-11(8)7-13(5-9,6-10)14-12(15)16-2/h8-11H,3-7H2,1-2H3,(H,14,15). The van der Waals surface area contributed by atoms with Crippen molar-refractivity contribution in [1.29, 1.82) is 0 Å². The van der Waals surface area contributed by atoms with Gasteiger partial charge in [-0.1, -0.05) is 18.7 Å². The number of carbonyl (C=O) groups excluding carboxylic acids is 1. The Hall–Kier alpha value is -0.180. The molecule has 2 unspecified atom stereocenters. The van der Waals surface area contributed by atoms with Gasteiger partial charge in [0.15, 0.2) is 0 Å². The molecule has 0 radical (unpaired) electrons. The molecule has 0 aromatic rings. The molecular weight excluding hydrogens is 218 g/mol. The van der Waals surface area contributed by atoms with Crippen LogP contribution in [0.25, 0.3) is 0 Å². The molecule has 0 spiro atoms. The highest BCUT2D eigenvalue weighted by Gasteiger charge is 2.54.